The summed E-state index contributed by atoms with van der Waals surface area (Å²) in [6.45, 7) is -0.340. The van der Waals surface area contributed by atoms with E-state index in [9.17, 15) is 25.5 Å². The van der Waals surface area contributed by atoms with Crippen LogP contribution in [0.25, 0.3) is 0 Å². The van der Waals surface area contributed by atoms with Crippen LogP contribution in [0.4, 0.5) is 0 Å². The van der Waals surface area contributed by atoms with E-state index in [1.54, 1.807) is 7.05 Å². The van der Waals surface area contributed by atoms with Crippen LogP contribution < -0.4 is 10.1 Å². The second-order valence-corrected chi connectivity index (χ2v) is 5.30. The number of hydrogen-bond donors (Lipinski definition) is 7. The molecule has 1 heterocycles. The van der Waals surface area contributed by atoms with Gasteiger partial charge in [0.2, 0.25) is 6.29 Å². The van der Waals surface area contributed by atoms with Gasteiger partial charge in [0.05, 0.1) is 6.61 Å². The first-order valence-electron chi connectivity index (χ1n) is 7.05. The maximum Gasteiger partial charge on any atom is 0.229 e. The summed E-state index contributed by atoms with van der Waals surface area (Å²) in [7, 11) is 1.65. The maximum atomic E-state index is 10.1. The van der Waals surface area contributed by atoms with Crippen molar-refractivity contribution in [2.75, 3.05) is 13.7 Å². The van der Waals surface area contributed by atoms with Gasteiger partial charge in [-0.15, -0.1) is 0 Å². The lowest BCUT2D eigenvalue weighted by atomic mass is 9.99. The molecule has 9 nitrogen and oxygen atoms in total. The molecule has 7 N–H and O–H groups in total. The summed E-state index contributed by atoms with van der Waals surface area (Å²) in [5.41, 5.74) is 0.354. The fourth-order valence-corrected chi connectivity index (χ4v) is 2.35. The predicted octanol–water partition coefficient (Wildman–Crippen LogP) is -2.00. The molecule has 9 heteroatoms. The number of aliphatic hydroxyl groups is 4. The van der Waals surface area contributed by atoms with Crippen LogP contribution in [0.1, 0.15) is 5.56 Å². The Hall–Kier alpha value is -1.62. The molecule has 0 bridgehead atoms. The van der Waals surface area contributed by atoms with Crippen LogP contribution in [0.3, 0.4) is 0 Å². The molecule has 2 rings (SSSR count). The summed E-state index contributed by atoms with van der Waals surface area (Å²) in [4.78, 5) is 0. The first-order valence-corrected chi connectivity index (χ1v) is 7.05. The van der Waals surface area contributed by atoms with Crippen molar-refractivity contribution in [3.63, 3.8) is 0 Å². The summed E-state index contributed by atoms with van der Waals surface area (Å²) in [5, 5.41) is 61.1. The van der Waals surface area contributed by atoms with Gasteiger partial charge in [-0.2, -0.15) is 0 Å². The molecule has 1 aromatic rings. The normalized spacial score (nSPS) is 31.1. The Morgan fingerprint density at radius 1 is 1.13 bits per heavy atom. The van der Waals surface area contributed by atoms with Crippen LogP contribution in [-0.2, 0) is 11.3 Å². The van der Waals surface area contributed by atoms with E-state index in [0.29, 0.717) is 5.56 Å². The van der Waals surface area contributed by atoms with Crippen LogP contribution in [0, 0.1) is 0 Å². The molecule has 23 heavy (non-hydrogen) atoms. The Morgan fingerprint density at radius 3 is 2.43 bits per heavy atom. The number of rotatable bonds is 5. The highest BCUT2D eigenvalue weighted by molar-refractivity contribution is 5.50. The fraction of sp³-hybridized carbons (Fsp3) is 0.571. The largest absolute Gasteiger partial charge is 0.508 e. The van der Waals surface area contributed by atoms with E-state index in [4.69, 9.17) is 14.6 Å². The van der Waals surface area contributed by atoms with Gasteiger partial charge in [-0.3, -0.25) is 0 Å². The lowest BCUT2D eigenvalue weighted by molar-refractivity contribution is -0.277. The van der Waals surface area contributed by atoms with Crippen LogP contribution in [0.5, 0.6) is 17.2 Å². The van der Waals surface area contributed by atoms with Gasteiger partial charge < -0.3 is 45.4 Å². The summed E-state index contributed by atoms with van der Waals surface area (Å²) < 4.78 is 10.5. The highest BCUT2D eigenvalue weighted by atomic mass is 16.7. The molecule has 1 aliphatic rings. The molecule has 0 amide bonds. The number of hydrogen-bond acceptors (Lipinski definition) is 9. The smallest absolute Gasteiger partial charge is 0.229 e. The van der Waals surface area contributed by atoms with E-state index in [2.05, 4.69) is 5.32 Å². The van der Waals surface area contributed by atoms with Gasteiger partial charge in [-0.05, 0) is 13.1 Å². The van der Waals surface area contributed by atoms with Gasteiger partial charge in [-0.1, -0.05) is 0 Å². The molecule has 0 aromatic heterocycles. The third kappa shape index (κ3) is 3.66. The topological polar surface area (TPSA) is 152 Å². The highest BCUT2D eigenvalue weighted by Crippen LogP contribution is 2.36. The second kappa shape index (κ2) is 7.30. The van der Waals surface area contributed by atoms with Gasteiger partial charge in [0.15, 0.2) is 11.5 Å². The van der Waals surface area contributed by atoms with Gasteiger partial charge in [0.1, 0.15) is 30.2 Å². The molecular weight excluding hydrogens is 310 g/mol. The zero-order valence-corrected chi connectivity index (χ0v) is 12.5. The fourth-order valence-electron chi connectivity index (χ4n) is 2.35. The lowest BCUT2D eigenvalue weighted by Crippen LogP contribution is -2.60. The standard InChI is InChI=1S/C14H21NO8/c1-15-4-6-2-7(17)3-8(10(6)18)22-14-13(21)12(20)11(19)9(5-16)23-14/h2-3,9,11-21H,4-5H2,1H3/t9-,11-,12+,13-,14?/m1/s1. The molecule has 0 aliphatic carbocycles. The van der Waals surface area contributed by atoms with Gasteiger partial charge >= 0.3 is 0 Å². The average molecular weight is 331 g/mol. The number of benzene rings is 1. The minimum atomic E-state index is -1.61. The Labute approximate surface area is 132 Å². The molecule has 130 valence electrons. The molecule has 1 aromatic carbocycles. The highest BCUT2D eigenvalue weighted by Gasteiger charge is 2.45. The minimum absolute atomic E-state index is 0.167. The summed E-state index contributed by atoms with van der Waals surface area (Å²) in [5.74, 6) is -0.610. The van der Waals surface area contributed by atoms with Crippen LogP contribution in [0.2, 0.25) is 0 Å². The van der Waals surface area contributed by atoms with Crippen molar-refractivity contribution in [2.45, 2.75) is 37.3 Å². The lowest BCUT2D eigenvalue weighted by Gasteiger charge is -2.39. The first-order chi connectivity index (χ1) is 10.9. The Balaban J connectivity index is 2.24. The quantitative estimate of drug-likeness (QED) is 0.304. The third-order valence-corrected chi connectivity index (χ3v) is 3.60. The van der Waals surface area contributed by atoms with E-state index in [-0.39, 0.29) is 23.8 Å². The molecule has 1 aliphatic heterocycles. The number of aliphatic hydroxyl groups excluding tert-OH is 4. The van der Waals surface area contributed by atoms with Crippen molar-refractivity contribution in [1.29, 1.82) is 0 Å². The minimum Gasteiger partial charge on any atom is -0.508 e. The van der Waals surface area contributed by atoms with Gasteiger partial charge in [0, 0.05) is 18.2 Å². The van der Waals surface area contributed by atoms with Crippen molar-refractivity contribution < 1.29 is 40.1 Å². The maximum absolute atomic E-state index is 10.1. The monoisotopic (exact) mass is 331 g/mol. The molecule has 0 spiro atoms. The SMILES string of the molecule is CNCc1cc(O)cc(OC2O[C@H](CO)[C@@H](O)[C@H](O)[C@H]2O)c1O. The van der Waals surface area contributed by atoms with Crippen molar-refractivity contribution in [2.24, 2.45) is 0 Å². The van der Waals surface area contributed by atoms with Crippen molar-refractivity contribution >= 4 is 0 Å². The van der Waals surface area contributed by atoms with Crippen LogP contribution in [-0.4, -0.2) is 75.0 Å². The Kier molecular flexibility index (Phi) is 5.63. The number of ether oxygens (including phenoxy) is 2. The van der Waals surface area contributed by atoms with Gasteiger partial charge in [-0.25, -0.2) is 0 Å². The molecule has 1 fully saturated rings. The molecule has 1 saturated heterocycles. The van der Waals surface area contributed by atoms with E-state index in [1.807, 2.05) is 0 Å². The predicted molar refractivity (Wildman–Crippen MR) is 76.9 cm³/mol. The van der Waals surface area contributed by atoms with Crippen LogP contribution >= 0.6 is 0 Å². The molecule has 5 atom stereocenters. The van der Waals surface area contributed by atoms with Crippen LogP contribution in [0.15, 0.2) is 12.1 Å². The molecule has 0 radical (unpaired) electrons. The van der Waals surface area contributed by atoms with E-state index < -0.39 is 37.3 Å². The summed E-state index contributed by atoms with van der Waals surface area (Å²) >= 11 is 0. The van der Waals surface area contributed by atoms with Crippen molar-refractivity contribution in [1.82, 2.24) is 5.32 Å². The van der Waals surface area contributed by atoms with E-state index >= 15 is 0 Å². The zero-order valence-electron chi connectivity index (χ0n) is 12.5. The number of phenols is 2. The van der Waals surface area contributed by atoms with Crippen molar-refractivity contribution in [3.05, 3.63) is 17.7 Å². The van der Waals surface area contributed by atoms with E-state index in [0.717, 1.165) is 6.07 Å². The van der Waals surface area contributed by atoms with Gasteiger partial charge in [0.25, 0.3) is 0 Å². The van der Waals surface area contributed by atoms with Crippen molar-refractivity contribution in [3.8, 4) is 17.2 Å². The Morgan fingerprint density at radius 2 is 1.83 bits per heavy atom. The average Bonchev–Trinajstić information content (AvgIpc) is 2.52. The molecule has 0 saturated carbocycles. The zero-order chi connectivity index (χ0) is 17.1. The number of aromatic hydroxyl groups is 2. The number of phenolic OH excluding ortho intramolecular Hbond substituents is 2. The summed E-state index contributed by atoms with van der Waals surface area (Å²) in [6, 6.07) is 2.46. The summed E-state index contributed by atoms with van der Waals surface area (Å²) in [6.07, 6.45) is -7.28. The first kappa shape index (κ1) is 17.7. The Bertz CT molecular complexity index is 538. The molecule has 1 unspecified atom stereocenters. The van der Waals surface area contributed by atoms with E-state index in [1.165, 1.54) is 6.07 Å². The molecular formula is C14H21NO8. The second-order valence-electron chi connectivity index (χ2n) is 5.30. The number of nitrogens with one attached hydrogen (secondary N) is 1. The third-order valence-electron chi connectivity index (χ3n) is 3.60.